The first-order valence-electron chi connectivity index (χ1n) is 7.42. The van der Waals surface area contributed by atoms with E-state index in [2.05, 4.69) is 0 Å². The Bertz CT molecular complexity index is 901. The van der Waals surface area contributed by atoms with Crippen LogP contribution in [0.3, 0.4) is 0 Å². The zero-order chi connectivity index (χ0) is 16.9. The van der Waals surface area contributed by atoms with Gasteiger partial charge in [-0.3, -0.25) is 0 Å². The lowest BCUT2D eigenvalue weighted by molar-refractivity contribution is -0.131. The minimum Gasteiger partial charge on any atom is -0.496 e. The number of methoxy groups -OCH3 is 1. The van der Waals surface area contributed by atoms with Gasteiger partial charge in [-0.1, -0.05) is 54.2 Å². The van der Waals surface area contributed by atoms with Crippen LogP contribution < -0.4 is 4.74 Å². The monoisotopic (exact) mass is 336 g/mol. The molecule has 0 spiro atoms. The van der Waals surface area contributed by atoms with Crippen LogP contribution in [0.25, 0.3) is 16.8 Å². The number of aliphatic carboxylic acids is 1. The standard InChI is InChI=1S/C20H16O3S/c1-23-18-12-15-8-6-5-7-14(15)11-16(18)13-19(20(21)22)24-17-9-3-2-4-10-17/h2-13H,1H3,(H,21,22)/b19-13-. The van der Waals surface area contributed by atoms with E-state index in [4.69, 9.17) is 4.74 Å². The van der Waals surface area contributed by atoms with Crippen LogP contribution in [0, 0.1) is 0 Å². The van der Waals surface area contributed by atoms with Crippen molar-refractivity contribution in [3.8, 4) is 5.75 Å². The second-order valence-corrected chi connectivity index (χ2v) is 6.29. The van der Waals surface area contributed by atoms with Crippen molar-refractivity contribution in [2.24, 2.45) is 0 Å². The molecule has 0 saturated heterocycles. The highest BCUT2D eigenvalue weighted by Crippen LogP contribution is 2.32. The van der Waals surface area contributed by atoms with Crippen LogP contribution in [0.1, 0.15) is 5.56 Å². The molecule has 4 heteroatoms. The van der Waals surface area contributed by atoms with Gasteiger partial charge in [0.1, 0.15) is 5.75 Å². The maximum absolute atomic E-state index is 11.6. The van der Waals surface area contributed by atoms with E-state index in [9.17, 15) is 9.90 Å². The highest BCUT2D eigenvalue weighted by molar-refractivity contribution is 8.04. The molecule has 3 aromatic carbocycles. The van der Waals surface area contributed by atoms with Gasteiger partial charge in [-0.2, -0.15) is 0 Å². The van der Waals surface area contributed by atoms with Crippen molar-refractivity contribution >= 4 is 34.6 Å². The van der Waals surface area contributed by atoms with Crippen LogP contribution in [-0.4, -0.2) is 18.2 Å². The zero-order valence-corrected chi connectivity index (χ0v) is 13.9. The van der Waals surface area contributed by atoms with Crippen molar-refractivity contribution in [2.75, 3.05) is 7.11 Å². The topological polar surface area (TPSA) is 46.5 Å². The largest absolute Gasteiger partial charge is 0.496 e. The summed E-state index contributed by atoms with van der Waals surface area (Å²) in [5, 5.41) is 11.6. The molecule has 120 valence electrons. The van der Waals surface area contributed by atoms with Gasteiger partial charge in [0.2, 0.25) is 0 Å². The number of carboxylic acid groups (broad SMARTS) is 1. The molecule has 0 aliphatic heterocycles. The number of hydrogen-bond donors (Lipinski definition) is 1. The first kappa shape index (κ1) is 16.1. The first-order valence-corrected chi connectivity index (χ1v) is 8.23. The Balaban J connectivity index is 2.05. The third kappa shape index (κ3) is 3.60. The summed E-state index contributed by atoms with van der Waals surface area (Å²) in [6.45, 7) is 0. The summed E-state index contributed by atoms with van der Waals surface area (Å²) < 4.78 is 5.44. The zero-order valence-electron chi connectivity index (χ0n) is 13.1. The highest BCUT2D eigenvalue weighted by Gasteiger charge is 2.12. The summed E-state index contributed by atoms with van der Waals surface area (Å²) in [6.07, 6.45) is 1.66. The fourth-order valence-corrected chi connectivity index (χ4v) is 3.24. The first-order chi connectivity index (χ1) is 11.7. The van der Waals surface area contributed by atoms with E-state index in [0.717, 1.165) is 21.2 Å². The van der Waals surface area contributed by atoms with Gasteiger partial charge < -0.3 is 9.84 Å². The molecule has 0 amide bonds. The quantitative estimate of drug-likeness (QED) is 0.522. The summed E-state index contributed by atoms with van der Waals surface area (Å²) in [4.78, 5) is 12.8. The fourth-order valence-electron chi connectivity index (χ4n) is 2.42. The summed E-state index contributed by atoms with van der Waals surface area (Å²) in [5.41, 5.74) is 0.747. The number of hydrogen-bond acceptors (Lipinski definition) is 3. The van der Waals surface area contributed by atoms with Gasteiger partial charge in [-0.05, 0) is 41.1 Å². The fraction of sp³-hybridized carbons (Fsp3) is 0.0500. The number of thioether (sulfide) groups is 1. The summed E-state index contributed by atoms with van der Waals surface area (Å²) >= 11 is 1.22. The van der Waals surface area contributed by atoms with Crippen molar-refractivity contribution < 1.29 is 14.6 Å². The SMILES string of the molecule is COc1cc2ccccc2cc1/C=C(\Sc1ccccc1)C(=O)O. The Kier molecular flexibility index (Phi) is 4.87. The lowest BCUT2D eigenvalue weighted by Crippen LogP contribution is -1.97. The van der Waals surface area contributed by atoms with Crippen LogP contribution in [0.2, 0.25) is 0 Å². The number of carboxylic acids is 1. The average Bonchev–Trinajstić information content (AvgIpc) is 2.61. The molecule has 0 heterocycles. The molecule has 0 unspecified atom stereocenters. The second-order valence-electron chi connectivity index (χ2n) is 5.17. The Morgan fingerprint density at radius 1 is 1.00 bits per heavy atom. The summed E-state index contributed by atoms with van der Waals surface area (Å²) in [6, 6.07) is 21.2. The van der Waals surface area contributed by atoms with Gasteiger partial charge in [0, 0.05) is 10.5 Å². The Hall–Kier alpha value is -2.72. The van der Waals surface area contributed by atoms with Gasteiger partial charge in [0.15, 0.2) is 0 Å². The smallest absolute Gasteiger partial charge is 0.342 e. The number of fused-ring (bicyclic) bond motifs is 1. The second kappa shape index (κ2) is 7.23. The molecule has 0 aliphatic carbocycles. The molecule has 3 rings (SSSR count). The average molecular weight is 336 g/mol. The van der Waals surface area contributed by atoms with Crippen LogP contribution >= 0.6 is 11.8 Å². The van der Waals surface area contributed by atoms with Gasteiger partial charge in [-0.15, -0.1) is 0 Å². The molecule has 0 atom stereocenters. The van der Waals surface area contributed by atoms with E-state index in [1.165, 1.54) is 11.8 Å². The maximum Gasteiger partial charge on any atom is 0.342 e. The third-order valence-corrected chi connectivity index (χ3v) is 4.59. The molecule has 0 aliphatic rings. The van der Waals surface area contributed by atoms with Crippen LogP contribution in [0.15, 0.2) is 76.5 Å². The molecule has 0 aromatic heterocycles. The summed E-state index contributed by atoms with van der Waals surface area (Å²) in [5.74, 6) is -0.305. The molecule has 0 saturated carbocycles. The van der Waals surface area contributed by atoms with E-state index in [-0.39, 0.29) is 4.91 Å². The predicted molar refractivity (Wildman–Crippen MR) is 98.4 cm³/mol. The van der Waals surface area contributed by atoms with Crippen molar-refractivity contribution in [1.29, 1.82) is 0 Å². The van der Waals surface area contributed by atoms with E-state index >= 15 is 0 Å². The molecular weight excluding hydrogens is 320 g/mol. The Labute approximate surface area is 144 Å². The normalized spacial score (nSPS) is 11.5. The third-order valence-electron chi connectivity index (χ3n) is 3.57. The maximum atomic E-state index is 11.6. The van der Waals surface area contributed by atoms with Crippen molar-refractivity contribution in [1.82, 2.24) is 0 Å². The van der Waals surface area contributed by atoms with Gasteiger partial charge >= 0.3 is 5.97 Å². The lowest BCUT2D eigenvalue weighted by Gasteiger charge is -2.09. The lowest BCUT2D eigenvalue weighted by atomic mass is 10.1. The van der Waals surface area contributed by atoms with Crippen molar-refractivity contribution in [3.05, 3.63) is 77.2 Å². The molecule has 3 aromatic rings. The number of benzene rings is 3. The number of ether oxygens (including phenoxy) is 1. The molecule has 24 heavy (non-hydrogen) atoms. The minimum absolute atomic E-state index is 0.245. The predicted octanol–water partition coefficient (Wildman–Crippen LogP) is 5.07. The van der Waals surface area contributed by atoms with Crippen LogP contribution in [0.5, 0.6) is 5.75 Å². The van der Waals surface area contributed by atoms with Gasteiger partial charge in [-0.25, -0.2) is 4.79 Å². The van der Waals surface area contributed by atoms with Crippen molar-refractivity contribution in [2.45, 2.75) is 4.90 Å². The van der Waals surface area contributed by atoms with E-state index in [1.807, 2.05) is 66.7 Å². The van der Waals surface area contributed by atoms with Crippen LogP contribution in [0.4, 0.5) is 0 Å². The molecule has 0 radical (unpaired) electrons. The Morgan fingerprint density at radius 2 is 1.62 bits per heavy atom. The number of carbonyl (C=O) groups is 1. The molecule has 3 nitrogen and oxygen atoms in total. The van der Waals surface area contributed by atoms with Crippen molar-refractivity contribution in [3.63, 3.8) is 0 Å². The van der Waals surface area contributed by atoms with E-state index in [1.54, 1.807) is 13.2 Å². The van der Waals surface area contributed by atoms with Gasteiger partial charge in [0.05, 0.1) is 12.0 Å². The molecule has 0 fully saturated rings. The van der Waals surface area contributed by atoms with E-state index in [0.29, 0.717) is 5.75 Å². The van der Waals surface area contributed by atoms with E-state index < -0.39 is 5.97 Å². The molecule has 0 bridgehead atoms. The molecular formula is C20H16O3S. The number of rotatable bonds is 5. The van der Waals surface area contributed by atoms with Crippen LogP contribution in [-0.2, 0) is 4.79 Å². The highest BCUT2D eigenvalue weighted by atomic mass is 32.2. The van der Waals surface area contributed by atoms with Gasteiger partial charge in [0.25, 0.3) is 0 Å². The Morgan fingerprint density at radius 3 is 2.25 bits per heavy atom. The minimum atomic E-state index is -0.959. The molecule has 1 N–H and O–H groups in total. The summed E-state index contributed by atoms with van der Waals surface area (Å²) in [7, 11) is 1.59.